The molecule has 5 heteroatoms. The number of esters is 2. The van der Waals surface area contributed by atoms with Gasteiger partial charge >= 0.3 is 11.9 Å². The molecule has 0 aliphatic heterocycles. The third-order valence-corrected chi connectivity index (χ3v) is 5.88. The fourth-order valence-corrected chi connectivity index (χ4v) is 4.22. The van der Waals surface area contributed by atoms with E-state index < -0.39 is 11.9 Å². The number of methoxy groups -OCH3 is 2. The quantitative estimate of drug-likeness (QED) is 0.338. The number of hydrogen-bond donors (Lipinski definition) is 0. The number of carbonyl (C=O) groups excluding carboxylic acids is 2. The van der Waals surface area contributed by atoms with Gasteiger partial charge in [-0.2, -0.15) is 0 Å². The first-order valence-corrected chi connectivity index (χ1v) is 11.1. The molecular formula is C29H27NO4. The maximum Gasteiger partial charge on any atom is 0.355 e. The molecule has 0 bridgehead atoms. The summed E-state index contributed by atoms with van der Waals surface area (Å²) in [6, 6.07) is 27.8. The molecule has 0 aliphatic rings. The van der Waals surface area contributed by atoms with Crippen LogP contribution in [-0.2, 0) is 22.4 Å². The lowest BCUT2D eigenvalue weighted by molar-refractivity contribution is 0.0548. The Morgan fingerprint density at radius 3 is 1.85 bits per heavy atom. The van der Waals surface area contributed by atoms with Crippen LogP contribution in [0.25, 0.3) is 11.1 Å². The Kier molecular flexibility index (Phi) is 6.93. The molecule has 4 rings (SSSR count). The van der Waals surface area contributed by atoms with Crippen molar-refractivity contribution in [2.75, 3.05) is 14.2 Å². The summed E-state index contributed by atoms with van der Waals surface area (Å²) in [7, 11) is 2.65. The lowest BCUT2D eigenvalue weighted by atomic mass is 9.96. The highest BCUT2D eigenvalue weighted by atomic mass is 16.5. The molecule has 0 saturated carbocycles. The van der Waals surface area contributed by atoms with Crippen molar-refractivity contribution >= 4 is 11.9 Å². The van der Waals surface area contributed by atoms with Gasteiger partial charge in [-0.3, -0.25) is 0 Å². The van der Waals surface area contributed by atoms with Crippen LogP contribution >= 0.6 is 0 Å². The number of aryl methyl sites for hydroxylation is 1. The molecule has 0 fully saturated rings. The molecule has 0 radical (unpaired) electrons. The van der Waals surface area contributed by atoms with Crippen LogP contribution in [0.1, 0.15) is 43.2 Å². The summed E-state index contributed by atoms with van der Waals surface area (Å²) < 4.78 is 12.2. The molecule has 1 aromatic heterocycles. The zero-order chi connectivity index (χ0) is 24.1. The van der Waals surface area contributed by atoms with Crippen molar-refractivity contribution in [1.29, 1.82) is 0 Å². The first kappa shape index (κ1) is 23.1. The second-order valence-corrected chi connectivity index (χ2v) is 8.13. The fourth-order valence-electron chi connectivity index (χ4n) is 4.22. The SMILES string of the molecule is COC(=O)c1c(-c2ccc(C)cc2)c(Cc2ccccc2)n(Cc2ccccc2)c1C(=O)OC. The average Bonchev–Trinajstić information content (AvgIpc) is 3.18. The monoisotopic (exact) mass is 453 g/mol. The number of hydrogen-bond acceptors (Lipinski definition) is 4. The van der Waals surface area contributed by atoms with Crippen molar-refractivity contribution in [3.8, 4) is 11.1 Å². The van der Waals surface area contributed by atoms with Gasteiger partial charge in [0.15, 0.2) is 0 Å². The molecule has 0 saturated heterocycles. The molecule has 4 aromatic rings. The molecule has 0 unspecified atom stereocenters. The molecule has 0 aliphatic carbocycles. The molecule has 0 amide bonds. The topological polar surface area (TPSA) is 57.5 Å². The minimum Gasteiger partial charge on any atom is -0.465 e. The predicted molar refractivity (Wildman–Crippen MR) is 132 cm³/mol. The Morgan fingerprint density at radius 1 is 0.735 bits per heavy atom. The van der Waals surface area contributed by atoms with Crippen LogP contribution in [0.3, 0.4) is 0 Å². The van der Waals surface area contributed by atoms with Crippen molar-refractivity contribution in [2.24, 2.45) is 0 Å². The third kappa shape index (κ3) is 4.64. The minimum atomic E-state index is -0.580. The van der Waals surface area contributed by atoms with Crippen molar-refractivity contribution in [3.63, 3.8) is 0 Å². The Hall–Kier alpha value is -4.12. The number of rotatable bonds is 7. The van der Waals surface area contributed by atoms with E-state index in [0.717, 1.165) is 27.9 Å². The Balaban J connectivity index is 2.06. The van der Waals surface area contributed by atoms with Gasteiger partial charge in [-0.1, -0.05) is 90.5 Å². The van der Waals surface area contributed by atoms with E-state index in [9.17, 15) is 9.59 Å². The standard InChI is InChI=1S/C29H27NO4/c1-20-14-16-23(17-15-20)25-24(18-21-10-6-4-7-11-21)30(19-22-12-8-5-9-13-22)27(29(32)34-3)26(25)28(31)33-2/h4-17H,18-19H2,1-3H3. The Morgan fingerprint density at radius 2 is 1.29 bits per heavy atom. The lowest BCUT2D eigenvalue weighted by Crippen LogP contribution is -2.17. The number of ether oxygens (including phenoxy) is 2. The van der Waals surface area contributed by atoms with Gasteiger partial charge in [-0.05, 0) is 23.6 Å². The minimum absolute atomic E-state index is 0.194. The van der Waals surface area contributed by atoms with Crippen molar-refractivity contribution in [3.05, 3.63) is 119 Å². The number of aromatic nitrogens is 1. The first-order valence-electron chi connectivity index (χ1n) is 11.1. The van der Waals surface area contributed by atoms with E-state index in [1.54, 1.807) is 0 Å². The summed E-state index contributed by atoms with van der Waals surface area (Å²) in [5.41, 5.74) is 5.96. The summed E-state index contributed by atoms with van der Waals surface area (Å²) in [5, 5.41) is 0. The number of benzene rings is 3. The molecule has 34 heavy (non-hydrogen) atoms. The van der Waals surface area contributed by atoms with Crippen LogP contribution in [0.2, 0.25) is 0 Å². The second-order valence-electron chi connectivity index (χ2n) is 8.13. The summed E-state index contributed by atoms with van der Waals surface area (Å²) in [6.07, 6.45) is 0.526. The van der Waals surface area contributed by atoms with Crippen molar-refractivity contribution in [2.45, 2.75) is 19.9 Å². The summed E-state index contributed by atoms with van der Waals surface area (Å²) in [4.78, 5) is 26.3. The largest absolute Gasteiger partial charge is 0.465 e. The predicted octanol–water partition coefficient (Wildman–Crippen LogP) is 5.68. The van der Waals surface area contributed by atoms with E-state index in [0.29, 0.717) is 18.5 Å². The van der Waals surface area contributed by atoms with E-state index in [4.69, 9.17) is 9.47 Å². The molecule has 1 heterocycles. The summed E-state index contributed by atoms with van der Waals surface area (Å²) in [6.45, 7) is 2.42. The number of nitrogens with zero attached hydrogens (tertiary/aromatic N) is 1. The Labute approximate surface area is 199 Å². The van der Waals surface area contributed by atoms with E-state index in [1.807, 2.05) is 96.4 Å². The van der Waals surface area contributed by atoms with Crippen LogP contribution in [0.5, 0.6) is 0 Å². The first-order chi connectivity index (χ1) is 16.5. The van der Waals surface area contributed by atoms with Gasteiger partial charge in [0.25, 0.3) is 0 Å². The van der Waals surface area contributed by atoms with Gasteiger partial charge in [0, 0.05) is 24.2 Å². The number of carbonyl (C=O) groups is 2. The normalized spacial score (nSPS) is 10.7. The van der Waals surface area contributed by atoms with E-state index >= 15 is 0 Å². The van der Waals surface area contributed by atoms with Gasteiger partial charge in [0.05, 0.1) is 14.2 Å². The summed E-state index contributed by atoms with van der Waals surface area (Å²) >= 11 is 0. The van der Waals surface area contributed by atoms with Gasteiger partial charge in [-0.15, -0.1) is 0 Å². The second kappa shape index (κ2) is 10.2. The highest BCUT2D eigenvalue weighted by Gasteiger charge is 2.33. The van der Waals surface area contributed by atoms with Gasteiger partial charge in [0.1, 0.15) is 11.3 Å². The third-order valence-electron chi connectivity index (χ3n) is 5.88. The van der Waals surface area contributed by atoms with Crippen LogP contribution in [0.4, 0.5) is 0 Å². The van der Waals surface area contributed by atoms with Crippen LogP contribution < -0.4 is 0 Å². The van der Waals surface area contributed by atoms with E-state index in [2.05, 4.69) is 0 Å². The van der Waals surface area contributed by atoms with E-state index in [-0.39, 0.29) is 11.3 Å². The molecule has 0 atom stereocenters. The average molecular weight is 454 g/mol. The molecule has 0 spiro atoms. The van der Waals surface area contributed by atoms with Crippen molar-refractivity contribution < 1.29 is 19.1 Å². The fraction of sp³-hybridized carbons (Fsp3) is 0.172. The van der Waals surface area contributed by atoms with Crippen molar-refractivity contribution in [1.82, 2.24) is 4.57 Å². The molecule has 3 aromatic carbocycles. The van der Waals surface area contributed by atoms with Gasteiger partial charge < -0.3 is 14.0 Å². The molecule has 0 N–H and O–H groups in total. The molecular weight excluding hydrogens is 426 g/mol. The molecule has 5 nitrogen and oxygen atoms in total. The highest BCUT2D eigenvalue weighted by molar-refractivity contribution is 6.08. The van der Waals surface area contributed by atoms with Gasteiger partial charge in [0.2, 0.25) is 0 Å². The maximum absolute atomic E-state index is 13.1. The maximum atomic E-state index is 13.1. The summed E-state index contributed by atoms with van der Waals surface area (Å²) in [5.74, 6) is -1.15. The van der Waals surface area contributed by atoms with Crippen LogP contribution in [-0.4, -0.2) is 30.7 Å². The van der Waals surface area contributed by atoms with Gasteiger partial charge in [-0.25, -0.2) is 9.59 Å². The van der Waals surface area contributed by atoms with E-state index in [1.165, 1.54) is 14.2 Å². The van der Waals surface area contributed by atoms with Crippen LogP contribution in [0, 0.1) is 6.92 Å². The zero-order valence-electron chi connectivity index (χ0n) is 19.6. The van der Waals surface area contributed by atoms with Crippen LogP contribution in [0.15, 0.2) is 84.9 Å². The molecule has 172 valence electrons. The lowest BCUT2D eigenvalue weighted by Gasteiger charge is -2.14. The highest BCUT2D eigenvalue weighted by Crippen LogP contribution is 2.36. The zero-order valence-corrected chi connectivity index (χ0v) is 19.6. The Bertz CT molecular complexity index is 1290. The smallest absolute Gasteiger partial charge is 0.355 e.